The number of anilines is 1. The number of nitrogens with zero attached hydrogens (tertiary/aromatic N) is 4. The van der Waals surface area contributed by atoms with Gasteiger partial charge in [-0.15, -0.1) is 5.10 Å². The summed E-state index contributed by atoms with van der Waals surface area (Å²) in [6, 6.07) is 16.4. The van der Waals surface area contributed by atoms with E-state index >= 15 is 0 Å². The highest BCUT2D eigenvalue weighted by atomic mass is 19.1. The predicted octanol–water partition coefficient (Wildman–Crippen LogP) is 5.25. The Balaban J connectivity index is 1.45. The fraction of sp³-hybridized carbons (Fsp3) is 0.160. The number of ketones is 1. The molecule has 1 aliphatic heterocycles. The number of allylic oxidation sites excluding steroid dienone is 1. The number of halogens is 2. The Morgan fingerprint density at radius 2 is 1.84 bits per heavy atom. The van der Waals surface area contributed by atoms with E-state index in [0.29, 0.717) is 22.7 Å². The van der Waals surface area contributed by atoms with Gasteiger partial charge in [0.2, 0.25) is 5.78 Å². The van der Waals surface area contributed by atoms with E-state index in [1.165, 1.54) is 35.0 Å². The van der Waals surface area contributed by atoms with Crippen molar-refractivity contribution in [3.05, 3.63) is 101 Å². The van der Waals surface area contributed by atoms with Crippen molar-refractivity contribution in [1.29, 1.82) is 0 Å². The molecule has 1 aliphatic rings. The van der Waals surface area contributed by atoms with Crippen LogP contribution >= 0.6 is 0 Å². The zero-order chi connectivity index (χ0) is 22.1. The molecular weight excluding hydrogens is 410 g/mol. The first-order chi connectivity index (χ1) is 15.6. The molecule has 0 radical (unpaired) electrons. The highest BCUT2D eigenvalue weighted by Crippen LogP contribution is 2.35. The lowest BCUT2D eigenvalue weighted by atomic mass is 10.0. The molecule has 0 N–H and O–H groups in total. The van der Waals surface area contributed by atoms with Gasteiger partial charge in [-0.1, -0.05) is 30.3 Å². The van der Waals surface area contributed by atoms with Crippen molar-refractivity contribution in [1.82, 2.24) is 14.6 Å². The summed E-state index contributed by atoms with van der Waals surface area (Å²) in [5.74, 6) is -0.204. The lowest BCUT2D eigenvalue weighted by Crippen LogP contribution is -2.24. The second-order valence-electron chi connectivity index (χ2n) is 7.76. The van der Waals surface area contributed by atoms with Crippen LogP contribution in [0.15, 0.2) is 72.9 Å². The van der Waals surface area contributed by atoms with Crippen LogP contribution in [0.4, 0.5) is 14.6 Å². The molecule has 2 aromatic carbocycles. The summed E-state index contributed by atoms with van der Waals surface area (Å²) in [6.45, 7) is 0.789. The Morgan fingerprint density at radius 3 is 2.66 bits per heavy atom. The summed E-state index contributed by atoms with van der Waals surface area (Å²) in [4.78, 5) is 19.2. The topological polar surface area (TPSA) is 50.5 Å². The summed E-state index contributed by atoms with van der Waals surface area (Å²) in [7, 11) is 0. The standard InChI is InChI=1S/C25H20F2N4O/c26-19-6-1-4-17(14-19)9-10-23(32)22-16-28-24-11-12-25(29-31(22)24)30-13-3-8-21(30)18-5-2-7-20(27)15-18/h1-2,4-7,9-12,14-16,21H,3,8,13H2/b10-9+. The average molecular weight is 430 g/mol. The predicted molar refractivity (Wildman–Crippen MR) is 118 cm³/mol. The van der Waals surface area contributed by atoms with Crippen LogP contribution in [0.1, 0.15) is 40.5 Å². The van der Waals surface area contributed by atoms with Gasteiger partial charge in [0.1, 0.15) is 23.1 Å². The van der Waals surface area contributed by atoms with Crippen molar-refractivity contribution in [2.75, 3.05) is 11.4 Å². The van der Waals surface area contributed by atoms with Gasteiger partial charge < -0.3 is 4.90 Å². The second-order valence-corrected chi connectivity index (χ2v) is 7.76. The number of imidazole rings is 1. The Morgan fingerprint density at radius 1 is 1.03 bits per heavy atom. The van der Waals surface area contributed by atoms with E-state index in [2.05, 4.69) is 15.0 Å². The molecule has 7 heteroatoms. The first-order valence-corrected chi connectivity index (χ1v) is 10.4. The van der Waals surface area contributed by atoms with E-state index in [-0.39, 0.29) is 23.5 Å². The van der Waals surface area contributed by atoms with Crippen LogP contribution in [0, 0.1) is 11.6 Å². The number of carbonyl (C=O) groups is 1. The van der Waals surface area contributed by atoms with E-state index in [9.17, 15) is 13.6 Å². The van der Waals surface area contributed by atoms with Crippen molar-refractivity contribution in [3.63, 3.8) is 0 Å². The second kappa shape index (κ2) is 8.34. The molecule has 160 valence electrons. The first kappa shape index (κ1) is 20.1. The lowest BCUT2D eigenvalue weighted by molar-refractivity contribution is 0.104. The van der Waals surface area contributed by atoms with E-state index in [1.54, 1.807) is 30.3 Å². The summed E-state index contributed by atoms with van der Waals surface area (Å²) < 4.78 is 28.7. The molecule has 5 nitrogen and oxygen atoms in total. The van der Waals surface area contributed by atoms with Gasteiger partial charge in [0.25, 0.3) is 0 Å². The van der Waals surface area contributed by atoms with Gasteiger partial charge in [-0.05, 0) is 66.4 Å². The van der Waals surface area contributed by atoms with E-state index in [0.717, 1.165) is 24.9 Å². The SMILES string of the molecule is O=C(/C=C/c1cccc(F)c1)c1cnc2ccc(N3CCCC3c3cccc(F)c3)nn12. The van der Waals surface area contributed by atoms with Gasteiger partial charge in [0, 0.05) is 6.54 Å². The maximum absolute atomic E-state index is 13.8. The van der Waals surface area contributed by atoms with Crippen LogP contribution in [-0.2, 0) is 0 Å². The van der Waals surface area contributed by atoms with Crippen molar-refractivity contribution in [2.45, 2.75) is 18.9 Å². The molecule has 0 bridgehead atoms. The van der Waals surface area contributed by atoms with Crippen molar-refractivity contribution >= 4 is 23.3 Å². The molecule has 0 saturated carbocycles. The number of carbonyl (C=O) groups excluding carboxylic acids is 1. The molecular formula is C25H20F2N4O. The van der Waals surface area contributed by atoms with Crippen LogP contribution in [0.2, 0.25) is 0 Å². The fourth-order valence-electron chi connectivity index (χ4n) is 4.15. The minimum Gasteiger partial charge on any atom is -0.348 e. The molecule has 3 heterocycles. The fourth-order valence-corrected chi connectivity index (χ4v) is 4.15. The molecule has 0 spiro atoms. The Bertz CT molecular complexity index is 1330. The number of rotatable bonds is 5. The van der Waals surface area contributed by atoms with Crippen LogP contribution < -0.4 is 4.90 Å². The van der Waals surface area contributed by atoms with Crippen molar-refractivity contribution < 1.29 is 13.6 Å². The van der Waals surface area contributed by atoms with Crippen molar-refractivity contribution in [3.8, 4) is 0 Å². The number of hydrogen-bond acceptors (Lipinski definition) is 4. The number of aromatic nitrogens is 3. The summed E-state index contributed by atoms with van der Waals surface area (Å²) in [5, 5.41) is 4.68. The maximum atomic E-state index is 13.8. The molecule has 1 atom stereocenters. The summed E-state index contributed by atoms with van der Waals surface area (Å²) >= 11 is 0. The molecule has 4 aromatic rings. The highest BCUT2D eigenvalue weighted by Gasteiger charge is 2.28. The quantitative estimate of drug-likeness (QED) is 0.321. The molecule has 1 saturated heterocycles. The zero-order valence-corrected chi connectivity index (χ0v) is 17.2. The maximum Gasteiger partial charge on any atom is 0.205 e. The van der Waals surface area contributed by atoms with Gasteiger partial charge >= 0.3 is 0 Å². The minimum absolute atomic E-state index is 0.0196. The van der Waals surface area contributed by atoms with Gasteiger partial charge in [-0.25, -0.2) is 18.3 Å². The monoisotopic (exact) mass is 430 g/mol. The molecule has 32 heavy (non-hydrogen) atoms. The first-order valence-electron chi connectivity index (χ1n) is 10.4. The molecule has 2 aromatic heterocycles. The van der Waals surface area contributed by atoms with Gasteiger partial charge in [0.15, 0.2) is 5.65 Å². The van der Waals surface area contributed by atoms with E-state index in [4.69, 9.17) is 0 Å². The third-order valence-electron chi connectivity index (χ3n) is 5.66. The van der Waals surface area contributed by atoms with Crippen LogP contribution in [0.25, 0.3) is 11.7 Å². The number of benzene rings is 2. The number of fused-ring (bicyclic) bond motifs is 1. The van der Waals surface area contributed by atoms with Crippen LogP contribution in [0.5, 0.6) is 0 Å². The molecule has 0 aliphatic carbocycles. The Labute approximate surface area is 183 Å². The van der Waals surface area contributed by atoms with Gasteiger partial charge in [0.05, 0.1) is 12.2 Å². The third kappa shape index (κ3) is 3.89. The normalized spacial score (nSPS) is 16.3. The van der Waals surface area contributed by atoms with E-state index < -0.39 is 0 Å². The Hall–Kier alpha value is -3.87. The van der Waals surface area contributed by atoms with Gasteiger partial charge in [-0.2, -0.15) is 0 Å². The minimum atomic E-state index is -0.362. The molecule has 1 fully saturated rings. The lowest BCUT2D eigenvalue weighted by Gasteiger charge is -2.26. The third-order valence-corrected chi connectivity index (χ3v) is 5.66. The molecule has 5 rings (SSSR count). The Kier molecular flexibility index (Phi) is 5.23. The zero-order valence-electron chi connectivity index (χ0n) is 17.2. The summed E-state index contributed by atoms with van der Waals surface area (Å²) in [5.41, 5.74) is 2.37. The van der Waals surface area contributed by atoms with Crippen molar-refractivity contribution in [2.24, 2.45) is 0 Å². The van der Waals surface area contributed by atoms with Crippen LogP contribution in [-0.4, -0.2) is 26.9 Å². The van der Waals surface area contributed by atoms with E-state index in [1.807, 2.05) is 18.2 Å². The highest BCUT2D eigenvalue weighted by molar-refractivity contribution is 6.05. The largest absolute Gasteiger partial charge is 0.348 e. The van der Waals surface area contributed by atoms with Crippen LogP contribution in [0.3, 0.4) is 0 Å². The molecule has 0 amide bonds. The smallest absolute Gasteiger partial charge is 0.205 e. The summed E-state index contributed by atoms with van der Waals surface area (Å²) in [6.07, 6.45) is 6.30. The average Bonchev–Trinajstić information content (AvgIpc) is 3.44. The molecule has 1 unspecified atom stereocenters. The van der Waals surface area contributed by atoms with Gasteiger partial charge in [-0.3, -0.25) is 4.79 Å². The number of hydrogen-bond donors (Lipinski definition) is 0.